The van der Waals surface area contributed by atoms with Crippen LogP contribution >= 0.6 is 0 Å². The molecule has 1 amide bonds. The van der Waals surface area contributed by atoms with Gasteiger partial charge in [0.2, 0.25) is 5.76 Å². The van der Waals surface area contributed by atoms with Gasteiger partial charge in [0.15, 0.2) is 0 Å². The molecule has 2 aliphatic rings. The molecular weight excluding hydrogens is 226 g/mol. The van der Waals surface area contributed by atoms with Gasteiger partial charge in [-0.25, -0.2) is 0 Å². The Labute approximate surface area is 97.9 Å². The van der Waals surface area contributed by atoms with Gasteiger partial charge in [-0.05, 0) is 6.42 Å². The minimum Gasteiger partial charge on any atom is -0.494 e. The van der Waals surface area contributed by atoms with Gasteiger partial charge in [0.25, 0.3) is 5.91 Å². The zero-order chi connectivity index (χ0) is 12.3. The Hall–Kier alpha value is -1.98. The summed E-state index contributed by atoms with van der Waals surface area (Å²) in [6, 6.07) is -0.268. The van der Waals surface area contributed by atoms with Gasteiger partial charge in [-0.3, -0.25) is 9.59 Å². The van der Waals surface area contributed by atoms with Crippen LogP contribution < -0.4 is 5.32 Å². The summed E-state index contributed by atoms with van der Waals surface area (Å²) >= 11 is 0. The fourth-order valence-corrected chi connectivity index (χ4v) is 1.72. The van der Waals surface area contributed by atoms with E-state index in [2.05, 4.69) is 5.32 Å². The van der Waals surface area contributed by atoms with E-state index in [1.807, 2.05) is 0 Å². The molecule has 0 aromatic rings. The van der Waals surface area contributed by atoms with E-state index < -0.39 is 11.9 Å². The SMILES string of the molecule is O=C(NC1C=CC(C(=O)O)C1)C1=COCCO1. The number of hydrogen-bond acceptors (Lipinski definition) is 4. The minimum atomic E-state index is -0.880. The van der Waals surface area contributed by atoms with Crippen molar-refractivity contribution in [3.05, 3.63) is 24.2 Å². The lowest BCUT2D eigenvalue weighted by molar-refractivity contribution is -0.140. The van der Waals surface area contributed by atoms with Gasteiger partial charge in [-0.15, -0.1) is 0 Å². The summed E-state index contributed by atoms with van der Waals surface area (Å²) in [6.45, 7) is 0.776. The zero-order valence-electron chi connectivity index (χ0n) is 9.09. The Kier molecular flexibility index (Phi) is 3.32. The molecule has 0 aromatic carbocycles. The van der Waals surface area contributed by atoms with Crippen LogP contribution in [0.2, 0.25) is 0 Å². The predicted octanol–water partition coefficient (Wildman–Crippen LogP) is 0.0201. The first kappa shape index (κ1) is 11.5. The van der Waals surface area contributed by atoms with Crippen LogP contribution in [0.25, 0.3) is 0 Å². The van der Waals surface area contributed by atoms with Gasteiger partial charge in [0.1, 0.15) is 19.5 Å². The molecular formula is C11H13NO5. The molecule has 2 unspecified atom stereocenters. The Morgan fingerprint density at radius 1 is 1.35 bits per heavy atom. The first-order chi connectivity index (χ1) is 8.16. The number of carbonyl (C=O) groups excluding carboxylic acids is 1. The monoisotopic (exact) mass is 239 g/mol. The van der Waals surface area contributed by atoms with Crippen LogP contribution in [0, 0.1) is 5.92 Å². The molecule has 0 fully saturated rings. The van der Waals surface area contributed by atoms with Crippen molar-refractivity contribution in [2.24, 2.45) is 5.92 Å². The molecule has 1 aliphatic heterocycles. The van der Waals surface area contributed by atoms with Gasteiger partial charge in [0.05, 0.1) is 5.92 Å². The Balaban J connectivity index is 1.86. The molecule has 2 atom stereocenters. The molecule has 0 bridgehead atoms. The largest absolute Gasteiger partial charge is 0.494 e. The first-order valence-electron chi connectivity index (χ1n) is 5.33. The van der Waals surface area contributed by atoms with Crippen molar-refractivity contribution in [1.29, 1.82) is 0 Å². The summed E-state index contributed by atoms with van der Waals surface area (Å²) < 4.78 is 10.1. The third-order valence-corrected chi connectivity index (χ3v) is 2.59. The lowest BCUT2D eigenvalue weighted by Gasteiger charge is -2.17. The van der Waals surface area contributed by atoms with Crippen LogP contribution in [-0.4, -0.2) is 36.2 Å². The van der Waals surface area contributed by atoms with Crippen molar-refractivity contribution in [2.45, 2.75) is 12.5 Å². The van der Waals surface area contributed by atoms with Gasteiger partial charge in [-0.1, -0.05) is 12.2 Å². The predicted molar refractivity (Wildman–Crippen MR) is 56.8 cm³/mol. The number of amides is 1. The smallest absolute Gasteiger partial charge is 0.310 e. The van der Waals surface area contributed by atoms with Crippen molar-refractivity contribution in [3.8, 4) is 0 Å². The minimum absolute atomic E-state index is 0.128. The molecule has 0 saturated carbocycles. The molecule has 1 aliphatic carbocycles. The molecule has 2 N–H and O–H groups in total. The maximum Gasteiger partial charge on any atom is 0.310 e. The van der Waals surface area contributed by atoms with E-state index in [0.29, 0.717) is 19.6 Å². The first-order valence-corrected chi connectivity index (χ1v) is 5.33. The van der Waals surface area contributed by atoms with Crippen molar-refractivity contribution in [2.75, 3.05) is 13.2 Å². The summed E-state index contributed by atoms with van der Waals surface area (Å²) in [5, 5.41) is 11.5. The number of carboxylic acid groups (broad SMARTS) is 1. The van der Waals surface area contributed by atoms with Crippen LogP contribution in [0.1, 0.15) is 6.42 Å². The van der Waals surface area contributed by atoms with Crippen molar-refractivity contribution < 1.29 is 24.2 Å². The molecule has 0 radical (unpaired) electrons. The van der Waals surface area contributed by atoms with E-state index in [1.165, 1.54) is 6.26 Å². The van der Waals surface area contributed by atoms with Crippen LogP contribution in [-0.2, 0) is 19.1 Å². The normalized spacial score (nSPS) is 26.7. The standard InChI is InChI=1S/C11H13NO5/c13-10(9-6-16-3-4-17-9)12-8-2-1-7(5-8)11(14)15/h1-2,6-8H,3-5H2,(H,12,13)(H,14,15). The third-order valence-electron chi connectivity index (χ3n) is 2.59. The highest BCUT2D eigenvalue weighted by Crippen LogP contribution is 2.18. The van der Waals surface area contributed by atoms with Gasteiger partial charge >= 0.3 is 5.97 Å². The highest BCUT2D eigenvalue weighted by molar-refractivity contribution is 5.91. The van der Waals surface area contributed by atoms with E-state index in [-0.39, 0.29) is 17.7 Å². The summed E-state index contributed by atoms with van der Waals surface area (Å²) in [5.41, 5.74) is 0. The summed E-state index contributed by atoms with van der Waals surface area (Å²) in [4.78, 5) is 22.4. The second-order valence-corrected chi connectivity index (χ2v) is 3.85. The third kappa shape index (κ3) is 2.77. The summed E-state index contributed by atoms with van der Waals surface area (Å²) in [7, 11) is 0. The number of carbonyl (C=O) groups is 2. The number of nitrogens with one attached hydrogen (secondary N) is 1. The fourth-order valence-electron chi connectivity index (χ4n) is 1.72. The Morgan fingerprint density at radius 2 is 2.18 bits per heavy atom. The van der Waals surface area contributed by atoms with Crippen LogP contribution in [0.3, 0.4) is 0 Å². The highest BCUT2D eigenvalue weighted by Gasteiger charge is 2.26. The number of ether oxygens (including phenoxy) is 2. The summed E-state index contributed by atoms with van der Waals surface area (Å²) in [5.74, 6) is -1.67. The maximum absolute atomic E-state index is 11.7. The number of aliphatic carboxylic acids is 1. The molecule has 0 spiro atoms. The van der Waals surface area contributed by atoms with Crippen LogP contribution in [0.15, 0.2) is 24.2 Å². The molecule has 0 aromatic heterocycles. The van der Waals surface area contributed by atoms with Crippen molar-refractivity contribution in [1.82, 2.24) is 5.32 Å². The lowest BCUT2D eigenvalue weighted by atomic mass is 10.1. The topological polar surface area (TPSA) is 84.9 Å². The number of rotatable bonds is 3. The van der Waals surface area contributed by atoms with E-state index in [9.17, 15) is 9.59 Å². The van der Waals surface area contributed by atoms with Crippen molar-refractivity contribution in [3.63, 3.8) is 0 Å². The molecule has 17 heavy (non-hydrogen) atoms. The van der Waals surface area contributed by atoms with E-state index in [0.717, 1.165) is 0 Å². The quantitative estimate of drug-likeness (QED) is 0.678. The zero-order valence-corrected chi connectivity index (χ0v) is 9.09. The average molecular weight is 239 g/mol. The molecule has 6 nitrogen and oxygen atoms in total. The van der Waals surface area contributed by atoms with Gasteiger partial charge in [0, 0.05) is 6.04 Å². The molecule has 0 saturated heterocycles. The highest BCUT2D eigenvalue weighted by atomic mass is 16.6. The van der Waals surface area contributed by atoms with Gasteiger partial charge < -0.3 is 19.9 Å². The van der Waals surface area contributed by atoms with E-state index >= 15 is 0 Å². The van der Waals surface area contributed by atoms with Crippen LogP contribution in [0.5, 0.6) is 0 Å². The van der Waals surface area contributed by atoms with E-state index in [1.54, 1.807) is 12.2 Å². The number of hydrogen-bond donors (Lipinski definition) is 2. The van der Waals surface area contributed by atoms with Crippen LogP contribution in [0.4, 0.5) is 0 Å². The lowest BCUT2D eigenvalue weighted by Crippen LogP contribution is -2.35. The second-order valence-electron chi connectivity index (χ2n) is 3.85. The molecule has 92 valence electrons. The fraction of sp³-hybridized carbons (Fsp3) is 0.455. The van der Waals surface area contributed by atoms with Crippen molar-refractivity contribution >= 4 is 11.9 Å². The van der Waals surface area contributed by atoms with E-state index in [4.69, 9.17) is 14.6 Å². The maximum atomic E-state index is 11.7. The Bertz CT molecular complexity index is 387. The average Bonchev–Trinajstić information content (AvgIpc) is 2.79. The molecule has 2 rings (SSSR count). The number of carboxylic acids is 1. The van der Waals surface area contributed by atoms with Gasteiger partial charge in [-0.2, -0.15) is 0 Å². The second kappa shape index (κ2) is 4.90. The Morgan fingerprint density at radius 3 is 2.76 bits per heavy atom. The molecule has 1 heterocycles. The molecule has 6 heteroatoms. The summed E-state index contributed by atoms with van der Waals surface area (Å²) in [6.07, 6.45) is 4.90.